The third-order valence-corrected chi connectivity index (χ3v) is 6.55. The van der Waals surface area contributed by atoms with Gasteiger partial charge in [0.2, 0.25) is 0 Å². The van der Waals surface area contributed by atoms with E-state index < -0.39 is 11.7 Å². The molecule has 0 aromatic heterocycles. The van der Waals surface area contributed by atoms with Crippen LogP contribution in [-0.4, -0.2) is 39.4 Å². The third kappa shape index (κ3) is 1.54. The van der Waals surface area contributed by atoms with Crippen LogP contribution < -0.4 is 0 Å². The van der Waals surface area contributed by atoms with Crippen LogP contribution in [0, 0.1) is 35.0 Å². The van der Waals surface area contributed by atoms with Crippen molar-refractivity contribution in [3.05, 3.63) is 0 Å². The van der Waals surface area contributed by atoms with Gasteiger partial charge in [0.25, 0.3) is 0 Å². The van der Waals surface area contributed by atoms with E-state index in [9.17, 15) is 20.1 Å². The Morgan fingerprint density at radius 3 is 2.53 bits per heavy atom. The fourth-order valence-electron chi connectivity index (χ4n) is 5.04. The number of aliphatic hydroxyl groups excluding tert-OH is 2. The maximum atomic E-state index is 12.3. The molecule has 0 aromatic carbocycles. The highest BCUT2D eigenvalue weighted by molar-refractivity contribution is 5.88. The second-order valence-corrected chi connectivity index (χ2v) is 7.42. The molecule has 3 aliphatic carbocycles. The molecule has 4 nitrogen and oxygen atoms in total. The van der Waals surface area contributed by atoms with Gasteiger partial charge in [0.15, 0.2) is 5.78 Å². The van der Waals surface area contributed by atoms with Crippen LogP contribution in [-0.2, 0) is 4.79 Å². The minimum Gasteiger partial charge on any atom is -0.396 e. The SMILES string of the molecule is C[C@@H]1[C@@H]2[C@@H]3[C@H](CC(=O)[C@@](C)(O)[C@@H]2C[C@H]1O)[C@@]3(C)CO. The van der Waals surface area contributed by atoms with Gasteiger partial charge >= 0.3 is 0 Å². The number of carbonyl (C=O) groups excluding carboxylic acids is 1. The molecule has 3 saturated carbocycles. The van der Waals surface area contributed by atoms with Gasteiger partial charge in [-0.05, 0) is 42.4 Å². The second-order valence-electron chi connectivity index (χ2n) is 7.42. The first-order valence-corrected chi connectivity index (χ1v) is 7.29. The Kier molecular flexibility index (Phi) is 2.71. The number of fused-ring (bicyclic) bond motifs is 3. The highest BCUT2D eigenvalue weighted by Gasteiger charge is 2.71. The maximum absolute atomic E-state index is 12.3. The lowest BCUT2D eigenvalue weighted by atomic mass is 9.74. The molecule has 4 heteroatoms. The number of rotatable bonds is 1. The fourth-order valence-corrected chi connectivity index (χ4v) is 5.04. The van der Waals surface area contributed by atoms with Gasteiger partial charge in [0.05, 0.1) is 6.10 Å². The minimum atomic E-state index is -1.32. The van der Waals surface area contributed by atoms with Crippen LogP contribution >= 0.6 is 0 Å². The third-order valence-electron chi connectivity index (χ3n) is 6.55. The Bertz CT molecular complexity index is 418. The van der Waals surface area contributed by atoms with Crippen LogP contribution in [0.4, 0.5) is 0 Å². The van der Waals surface area contributed by atoms with Crippen molar-refractivity contribution in [2.45, 2.75) is 45.3 Å². The van der Waals surface area contributed by atoms with Gasteiger partial charge in [0.1, 0.15) is 5.60 Å². The topological polar surface area (TPSA) is 77.8 Å². The molecule has 0 amide bonds. The maximum Gasteiger partial charge on any atom is 0.164 e. The van der Waals surface area contributed by atoms with Crippen LogP contribution in [0.25, 0.3) is 0 Å². The van der Waals surface area contributed by atoms with Gasteiger partial charge in [-0.3, -0.25) is 4.79 Å². The largest absolute Gasteiger partial charge is 0.396 e. The van der Waals surface area contributed by atoms with Crippen LogP contribution in [0.2, 0.25) is 0 Å². The van der Waals surface area contributed by atoms with E-state index >= 15 is 0 Å². The van der Waals surface area contributed by atoms with E-state index in [4.69, 9.17) is 0 Å². The summed E-state index contributed by atoms with van der Waals surface area (Å²) in [5, 5.41) is 30.4. The van der Waals surface area contributed by atoms with Crippen molar-refractivity contribution in [2.75, 3.05) is 6.61 Å². The molecular weight excluding hydrogens is 244 g/mol. The van der Waals surface area contributed by atoms with Crippen molar-refractivity contribution in [3.63, 3.8) is 0 Å². The van der Waals surface area contributed by atoms with Crippen molar-refractivity contribution in [1.82, 2.24) is 0 Å². The van der Waals surface area contributed by atoms with Crippen molar-refractivity contribution >= 4 is 5.78 Å². The number of hydrogen-bond acceptors (Lipinski definition) is 4. The summed E-state index contributed by atoms with van der Waals surface area (Å²) in [6.07, 6.45) is 0.413. The predicted octanol–water partition coefficient (Wildman–Crippen LogP) is 0.588. The average molecular weight is 268 g/mol. The Hall–Kier alpha value is -0.450. The first kappa shape index (κ1) is 13.5. The van der Waals surface area contributed by atoms with Gasteiger partial charge in [-0.25, -0.2) is 0 Å². The molecule has 0 radical (unpaired) electrons. The molecule has 108 valence electrons. The first-order valence-electron chi connectivity index (χ1n) is 7.29. The standard InChI is InChI=1S/C15H24O4/c1-7-10(17)4-8-12(7)13-9(14(13,2)6-16)5-11(18)15(8,3)19/h7-10,12-13,16-17,19H,4-6H2,1-3H3/t7-,8+,9-,10+,12-,13-,14+,15-/m0/s1. The smallest absolute Gasteiger partial charge is 0.164 e. The quantitative estimate of drug-likeness (QED) is 0.650. The van der Waals surface area contributed by atoms with Gasteiger partial charge < -0.3 is 15.3 Å². The van der Waals surface area contributed by atoms with Crippen molar-refractivity contribution in [1.29, 1.82) is 0 Å². The molecule has 0 spiro atoms. The van der Waals surface area contributed by atoms with Gasteiger partial charge in [-0.15, -0.1) is 0 Å². The predicted molar refractivity (Wildman–Crippen MR) is 69.2 cm³/mol. The van der Waals surface area contributed by atoms with E-state index in [1.807, 2.05) is 13.8 Å². The second kappa shape index (κ2) is 3.80. The van der Waals surface area contributed by atoms with Crippen molar-refractivity contribution < 1.29 is 20.1 Å². The van der Waals surface area contributed by atoms with Crippen LogP contribution in [0.1, 0.15) is 33.6 Å². The summed E-state index contributed by atoms with van der Waals surface area (Å²) in [7, 11) is 0. The highest BCUT2D eigenvalue weighted by Crippen LogP contribution is 2.70. The molecule has 3 aliphatic rings. The lowest BCUT2D eigenvalue weighted by Crippen LogP contribution is -2.45. The van der Waals surface area contributed by atoms with Gasteiger partial charge in [-0.2, -0.15) is 0 Å². The van der Waals surface area contributed by atoms with E-state index in [1.165, 1.54) is 0 Å². The van der Waals surface area contributed by atoms with E-state index in [0.29, 0.717) is 12.8 Å². The molecule has 8 atom stereocenters. The average Bonchev–Trinajstić information content (AvgIpc) is 2.82. The molecule has 19 heavy (non-hydrogen) atoms. The summed E-state index contributed by atoms with van der Waals surface area (Å²) in [4.78, 5) is 12.3. The summed E-state index contributed by atoms with van der Waals surface area (Å²) < 4.78 is 0. The number of ketones is 1. The number of aliphatic hydroxyl groups is 3. The zero-order valence-electron chi connectivity index (χ0n) is 11.8. The fraction of sp³-hybridized carbons (Fsp3) is 0.933. The number of hydrogen-bond donors (Lipinski definition) is 3. The molecule has 3 fully saturated rings. The summed E-state index contributed by atoms with van der Waals surface area (Å²) in [6, 6.07) is 0. The van der Waals surface area contributed by atoms with Crippen LogP contribution in [0.15, 0.2) is 0 Å². The monoisotopic (exact) mass is 268 g/mol. The lowest BCUT2D eigenvalue weighted by Gasteiger charge is -2.34. The van der Waals surface area contributed by atoms with Crippen LogP contribution in [0.3, 0.4) is 0 Å². The lowest BCUT2D eigenvalue weighted by molar-refractivity contribution is -0.143. The normalized spacial score (nSPS) is 60.4. The summed E-state index contributed by atoms with van der Waals surface area (Å²) in [6.45, 7) is 5.74. The highest BCUT2D eigenvalue weighted by atomic mass is 16.3. The van der Waals surface area contributed by atoms with E-state index in [2.05, 4.69) is 0 Å². The van der Waals surface area contributed by atoms with Crippen molar-refractivity contribution in [2.24, 2.45) is 35.0 Å². The van der Waals surface area contributed by atoms with Crippen LogP contribution in [0.5, 0.6) is 0 Å². The zero-order valence-corrected chi connectivity index (χ0v) is 11.8. The molecule has 0 aliphatic heterocycles. The summed E-state index contributed by atoms with van der Waals surface area (Å²) in [5.41, 5.74) is -1.52. The van der Waals surface area contributed by atoms with Gasteiger partial charge in [0, 0.05) is 18.9 Å². The molecule has 0 unspecified atom stereocenters. The Balaban J connectivity index is 2.02. The van der Waals surface area contributed by atoms with Gasteiger partial charge in [-0.1, -0.05) is 13.8 Å². The molecule has 3 N–H and O–H groups in total. The Labute approximate surface area is 113 Å². The van der Waals surface area contributed by atoms with E-state index in [0.717, 1.165) is 0 Å². The van der Waals surface area contributed by atoms with E-state index in [-0.39, 0.29) is 47.4 Å². The number of Topliss-reactive ketones (excluding diaryl/α,β-unsaturated/α-hetero) is 1. The van der Waals surface area contributed by atoms with E-state index in [1.54, 1.807) is 6.92 Å². The zero-order chi connectivity index (χ0) is 14.2. The Morgan fingerprint density at radius 2 is 1.95 bits per heavy atom. The molecule has 0 aromatic rings. The molecule has 3 rings (SSSR count). The minimum absolute atomic E-state index is 0.0863. The molecular formula is C15H24O4. The molecule has 0 saturated heterocycles. The van der Waals surface area contributed by atoms with Crippen molar-refractivity contribution in [3.8, 4) is 0 Å². The Morgan fingerprint density at radius 1 is 1.32 bits per heavy atom. The summed E-state index contributed by atoms with van der Waals surface area (Å²) in [5.74, 6) is 0.357. The molecule has 0 heterocycles. The molecule has 0 bridgehead atoms. The first-order chi connectivity index (χ1) is 8.75. The number of carbonyl (C=O) groups is 1. The summed E-state index contributed by atoms with van der Waals surface area (Å²) >= 11 is 0.